The number of fused-ring (bicyclic) bond motifs is 1. The highest BCUT2D eigenvalue weighted by molar-refractivity contribution is 7.55. The molecule has 1 aliphatic rings. The van der Waals surface area contributed by atoms with Gasteiger partial charge >= 0.3 is 7.60 Å². The van der Waals surface area contributed by atoms with Crippen molar-refractivity contribution in [3.05, 3.63) is 75.8 Å². The van der Waals surface area contributed by atoms with Gasteiger partial charge < -0.3 is 14.4 Å². The summed E-state index contributed by atoms with van der Waals surface area (Å²) in [5, 5.41) is 5.30. The molecule has 1 saturated heterocycles. The van der Waals surface area contributed by atoms with E-state index in [1.54, 1.807) is 23.6 Å². The van der Waals surface area contributed by atoms with Crippen molar-refractivity contribution in [2.24, 2.45) is 0 Å². The van der Waals surface area contributed by atoms with E-state index in [9.17, 15) is 18.1 Å². The van der Waals surface area contributed by atoms with Crippen LogP contribution < -0.4 is 5.32 Å². The van der Waals surface area contributed by atoms with Gasteiger partial charge in [0.25, 0.3) is 0 Å². The van der Waals surface area contributed by atoms with Crippen LogP contribution >= 0.6 is 30.5 Å². The summed E-state index contributed by atoms with van der Waals surface area (Å²) in [4.78, 5) is 13.1. The molecule has 2 aromatic carbocycles. The Morgan fingerprint density at radius 1 is 1.19 bits per heavy atom. The fourth-order valence-electron chi connectivity index (χ4n) is 3.27. The molecule has 5 nitrogen and oxygen atoms in total. The molecule has 10 heteroatoms. The largest absolute Gasteiger partial charge is 0.347 e. The zero-order chi connectivity index (χ0) is 22.0. The smallest absolute Gasteiger partial charge is 0.332 e. The van der Waals surface area contributed by atoms with Crippen LogP contribution in [-0.2, 0) is 18.4 Å². The number of rotatable bonds is 5. The lowest BCUT2D eigenvalue weighted by Gasteiger charge is -2.29. The van der Waals surface area contributed by atoms with Crippen molar-refractivity contribution in [2.45, 2.75) is 12.1 Å². The Balaban J connectivity index is 1.69. The van der Waals surface area contributed by atoms with E-state index in [0.29, 0.717) is 22.4 Å². The van der Waals surface area contributed by atoms with E-state index in [0.717, 1.165) is 29.1 Å². The summed E-state index contributed by atoms with van der Waals surface area (Å²) in [7, 11) is -3.85. The summed E-state index contributed by atoms with van der Waals surface area (Å²) in [5.74, 6) is -2.22. The average Bonchev–Trinajstić information content (AvgIpc) is 3.13. The lowest BCUT2D eigenvalue weighted by atomic mass is 10.1. The highest BCUT2D eigenvalue weighted by atomic mass is 35.5. The molecule has 31 heavy (non-hydrogen) atoms. The Labute approximate surface area is 186 Å². The van der Waals surface area contributed by atoms with Crippen molar-refractivity contribution in [1.82, 2.24) is 5.32 Å². The molecule has 0 radical (unpaired) electrons. The van der Waals surface area contributed by atoms with Gasteiger partial charge in [-0.3, -0.25) is 9.36 Å². The Kier molecular flexibility index (Phi) is 6.55. The van der Waals surface area contributed by atoms with Gasteiger partial charge in [0.2, 0.25) is 5.91 Å². The first-order valence-corrected chi connectivity index (χ1v) is 12.2. The molecule has 4 rings (SSSR count). The number of carbonyl (C=O) groups excluding carboxylic acids is 1. The molecule has 0 spiro atoms. The summed E-state index contributed by atoms with van der Waals surface area (Å²) in [6, 6.07) is 8.67. The van der Waals surface area contributed by atoms with E-state index in [1.165, 1.54) is 17.4 Å². The topological polar surface area (TPSA) is 64.6 Å². The SMILES string of the molecule is O=C(NC=Cc1c(F)cccc1F)C(c1csc2ccc(Cl)cc12)P1(=O)OCCCO1. The number of hydrogen-bond donors (Lipinski definition) is 1. The lowest BCUT2D eigenvalue weighted by Crippen LogP contribution is -2.28. The Morgan fingerprint density at radius 3 is 2.61 bits per heavy atom. The van der Waals surface area contributed by atoms with Crippen LogP contribution in [0.15, 0.2) is 48.0 Å². The number of hydrogen-bond acceptors (Lipinski definition) is 5. The van der Waals surface area contributed by atoms with Crippen molar-refractivity contribution in [3.63, 3.8) is 0 Å². The van der Waals surface area contributed by atoms with Gasteiger partial charge in [-0.15, -0.1) is 11.3 Å². The second kappa shape index (κ2) is 9.18. The first-order chi connectivity index (χ1) is 14.9. The fourth-order valence-corrected chi connectivity index (χ4v) is 6.57. The highest BCUT2D eigenvalue weighted by Gasteiger charge is 2.45. The normalized spacial score (nSPS) is 17.1. The summed E-state index contributed by atoms with van der Waals surface area (Å²) in [6.45, 7) is 0.389. The molecule has 1 N–H and O–H groups in total. The number of halogens is 3. The van der Waals surface area contributed by atoms with Crippen molar-refractivity contribution in [2.75, 3.05) is 13.2 Å². The van der Waals surface area contributed by atoms with Crippen LogP contribution in [0.5, 0.6) is 0 Å². The lowest BCUT2D eigenvalue weighted by molar-refractivity contribution is -0.120. The Hall–Kier alpha value is -2.09. The van der Waals surface area contributed by atoms with E-state index in [2.05, 4.69) is 5.32 Å². The minimum absolute atomic E-state index is 0.195. The summed E-state index contributed by atoms with van der Waals surface area (Å²) in [5.41, 5.74) is -1.12. The Morgan fingerprint density at radius 2 is 1.90 bits per heavy atom. The maximum atomic E-state index is 13.8. The molecule has 1 aromatic heterocycles. The monoisotopic (exact) mass is 483 g/mol. The third-order valence-electron chi connectivity index (χ3n) is 4.73. The zero-order valence-electron chi connectivity index (χ0n) is 16.0. The molecule has 3 aromatic rings. The molecule has 1 fully saturated rings. The van der Waals surface area contributed by atoms with Crippen molar-refractivity contribution in [1.29, 1.82) is 0 Å². The summed E-state index contributed by atoms with van der Waals surface area (Å²) < 4.78 is 52.9. The molecule has 0 saturated carbocycles. The van der Waals surface area contributed by atoms with E-state index in [1.807, 2.05) is 0 Å². The second-order valence-corrected chi connectivity index (χ2v) is 10.2. The van der Waals surface area contributed by atoms with Gasteiger partial charge in [0.1, 0.15) is 11.6 Å². The van der Waals surface area contributed by atoms with Crippen LogP contribution in [0.1, 0.15) is 23.2 Å². The molecular weight excluding hydrogens is 467 g/mol. The van der Waals surface area contributed by atoms with Crippen LogP contribution in [-0.4, -0.2) is 19.1 Å². The van der Waals surface area contributed by atoms with Gasteiger partial charge in [0.05, 0.1) is 13.2 Å². The summed E-state index contributed by atoms with van der Waals surface area (Å²) >= 11 is 7.49. The molecule has 0 bridgehead atoms. The molecule has 1 atom stereocenters. The predicted octanol–water partition coefficient (Wildman–Crippen LogP) is 6.29. The first kappa shape index (κ1) is 22.1. The van der Waals surface area contributed by atoms with Gasteiger partial charge in [-0.1, -0.05) is 17.7 Å². The van der Waals surface area contributed by atoms with Crippen LogP contribution in [0, 0.1) is 11.6 Å². The molecule has 162 valence electrons. The zero-order valence-corrected chi connectivity index (χ0v) is 18.5. The number of benzene rings is 2. The average molecular weight is 484 g/mol. The number of amides is 1. The van der Waals surface area contributed by atoms with Crippen LogP contribution in [0.2, 0.25) is 5.02 Å². The Bertz CT molecular complexity index is 1190. The number of thiophene rings is 1. The maximum Gasteiger partial charge on any atom is 0.347 e. The third-order valence-corrected chi connectivity index (χ3v) is 8.18. The van der Waals surface area contributed by atoms with E-state index < -0.39 is 30.8 Å². The molecule has 2 heterocycles. The van der Waals surface area contributed by atoms with E-state index in [4.69, 9.17) is 20.6 Å². The fraction of sp³-hybridized carbons (Fsp3) is 0.190. The highest BCUT2D eigenvalue weighted by Crippen LogP contribution is 2.63. The number of nitrogens with one attached hydrogen (secondary N) is 1. The first-order valence-electron chi connectivity index (χ1n) is 9.35. The quantitative estimate of drug-likeness (QED) is 0.433. The van der Waals surface area contributed by atoms with Gasteiger partial charge in [-0.05, 0) is 59.2 Å². The van der Waals surface area contributed by atoms with Crippen LogP contribution in [0.3, 0.4) is 0 Å². The standard InChI is InChI=1S/C21H17ClF2NO4PS/c22-13-5-6-19-15(11-13)16(12-31-19)20(30(27)28-9-2-10-29-30)21(26)25-8-7-14-17(23)3-1-4-18(14)24/h1,3-8,11-12,20H,2,9-10H2,(H,25,26). The number of carbonyl (C=O) groups is 1. The molecule has 1 unspecified atom stereocenters. The van der Waals surface area contributed by atoms with Crippen LogP contribution in [0.4, 0.5) is 8.78 Å². The van der Waals surface area contributed by atoms with Crippen LogP contribution in [0.25, 0.3) is 16.2 Å². The van der Waals surface area contributed by atoms with Crippen molar-refractivity contribution in [3.8, 4) is 0 Å². The minimum atomic E-state index is -3.85. The maximum absolute atomic E-state index is 13.8. The van der Waals surface area contributed by atoms with Crippen molar-refractivity contribution >= 4 is 52.6 Å². The van der Waals surface area contributed by atoms with Gasteiger partial charge in [0, 0.05) is 21.5 Å². The molecule has 1 amide bonds. The summed E-state index contributed by atoms with van der Waals surface area (Å²) in [6.07, 6.45) is 2.76. The van der Waals surface area contributed by atoms with Gasteiger partial charge in [0.15, 0.2) is 5.66 Å². The van der Waals surface area contributed by atoms with Gasteiger partial charge in [-0.2, -0.15) is 0 Å². The van der Waals surface area contributed by atoms with Gasteiger partial charge in [-0.25, -0.2) is 8.78 Å². The minimum Gasteiger partial charge on any atom is -0.332 e. The molecular formula is C21H17ClF2NO4PS. The molecule has 0 aliphatic carbocycles. The molecule has 1 aliphatic heterocycles. The predicted molar refractivity (Wildman–Crippen MR) is 117 cm³/mol. The third kappa shape index (κ3) is 4.59. The second-order valence-electron chi connectivity index (χ2n) is 6.77. The van der Waals surface area contributed by atoms with E-state index in [-0.39, 0.29) is 18.8 Å². The van der Waals surface area contributed by atoms with E-state index >= 15 is 0 Å². The van der Waals surface area contributed by atoms with Crippen molar-refractivity contribution < 1.29 is 27.2 Å².